The molecule has 2 unspecified atom stereocenters. The summed E-state index contributed by atoms with van der Waals surface area (Å²) in [7, 11) is 0. The van der Waals surface area contributed by atoms with Crippen LogP contribution in [0, 0.1) is 0 Å². The molecule has 0 aliphatic rings. The lowest BCUT2D eigenvalue weighted by atomic mass is 10.0. The Morgan fingerprint density at radius 1 is 0.547 bits per heavy atom. The van der Waals surface area contributed by atoms with Crippen LogP contribution in [0.2, 0.25) is 0 Å². The predicted octanol–water partition coefficient (Wildman–Crippen LogP) is 12.6. The van der Waals surface area contributed by atoms with E-state index in [9.17, 15) is 19.5 Å². The number of nitrogens with two attached hydrogens (primary N) is 1. The molecule has 0 aromatic rings. The second-order valence-electron chi connectivity index (χ2n) is 15.1. The summed E-state index contributed by atoms with van der Waals surface area (Å²) < 4.78 is 6.02. The Morgan fingerprint density at radius 2 is 1.00 bits per heavy atom. The first-order valence-corrected chi connectivity index (χ1v) is 22.3. The lowest BCUT2D eigenvalue weighted by Crippen LogP contribution is -2.40. The van der Waals surface area contributed by atoms with Crippen molar-refractivity contribution in [1.82, 2.24) is 5.32 Å². The van der Waals surface area contributed by atoms with Gasteiger partial charge in [-0.25, -0.2) is 4.79 Å². The molecule has 0 fully saturated rings. The Hall–Kier alpha value is -2.41. The van der Waals surface area contributed by atoms with Crippen molar-refractivity contribution in [3.8, 4) is 0 Å². The molecule has 0 bridgehead atoms. The van der Waals surface area contributed by atoms with Crippen LogP contribution in [0.4, 0.5) is 0 Å². The van der Waals surface area contributed by atoms with Gasteiger partial charge >= 0.3 is 11.9 Å². The molecule has 0 aliphatic carbocycles. The molecule has 1 amide bonds. The molecule has 7 heteroatoms. The van der Waals surface area contributed by atoms with E-state index in [4.69, 9.17) is 10.5 Å². The molecule has 0 aliphatic heterocycles. The summed E-state index contributed by atoms with van der Waals surface area (Å²) >= 11 is 0. The van der Waals surface area contributed by atoms with E-state index in [1.807, 2.05) is 0 Å². The quantitative estimate of drug-likeness (QED) is 0.0326. The van der Waals surface area contributed by atoms with Gasteiger partial charge in [-0.2, -0.15) is 0 Å². The zero-order valence-corrected chi connectivity index (χ0v) is 34.6. The molecule has 53 heavy (non-hydrogen) atoms. The average Bonchev–Trinajstić information content (AvgIpc) is 3.14. The topological polar surface area (TPSA) is 119 Å². The number of ether oxygens (including phenoxy) is 1. The number of carbonyl (C=O) groups excluding carboxylic acids is 2. The van der Waals surface area contributed by atoms with E-state index in [0.29, 0.717) is 32.2 Å². The number of carboxylic acids is 1. The van der Waals surface area contributed by atoms with Crippen LogP contribution in [-0.2, 0) is 19.1 Å². The molecular weight excluding hydrogens is 661 g/mol. The van der Waals surface area contributed by atoms with Gasteiger partial charge in [0.05, 0.1) is 0 Å². The second kappa shape index (κ2) is 40.8. The fourth-order valence-corrected chi connectivity index (χ4v) is 6.54. The highest BCUT2D eigenvalue weighted by atomic mass is 16.5. The van der Waals surface area contributed by atoms with Crippen molar-refractivity contribution in [3.05, 3.63) is 36.5 Å². The van der Waals surface area contributed by atoms with Crippen molar-refractivity contribution in [2.24, 2.45) is 5.73 Å². The van der Waals surface area contributed by atoms with Crippen LogP contribution in [0.15, 0.2) is 36.5 Å². The highest BCUT2D eigenvalue weighted by Gasteiger charge is 2.19. The van der Waals surface area contributed by atoms with Gasteiger partial charge in [-0.1, -0.05) is 140 Å². The highest BCUT2D eigenvalue weighted by Crippen LogP contribution is 2.18. The van der Waals surface area contributed by atoms with Crippen LogP contribution < -0.4 is 11.1 Å². The molecule has 0 heterocycles. The molecule has 0 aromatic carbocycles. The molecule has 4 N–H and O–H groups in total. The maximum absolute atomic E-state index is 12.8. The molecule has 0 rings (SSSR count). The molecule has 7 nitrogen and oxygen atoms in total. The highest BCUT2D eigenvalue weighted by molar-refractivity contribution is 5.83. The first-order valence-electron chi connectivity index (χ1n) is 22.3. The van der Waals surface area contributed by atoms with Gasteiger partial charge in [0.1, 0.15) is 12.1 Å². The van der Waals surface area contributed by atoms with Crippen molar-refractivity contribution in [3.63, 3.8) is 0 Å². The van der Waals surface area contributed by atoms with Crippen LogP contribution >= 0.6 is 0 Å². The van der Waals surface area contributed by atoms with Crippen molar-refractivity contribution in [2.45, 2.75) is 231 Å². The fourth-order valence-electron chi connectivity index (χ4n) is 6.54. The summed E-state index contributed by atoms with van der Waals surface area (Å²) in [4.78, 5) is 36.4. The molecular formula is C46H84N2O5. The number of hydrogen-bond donors (Lipinski definition) is 3. The standard InChI is InChI=1S/C46H84N2O5/c1-3-5-7-9-11-13-15-16-17-18-19-21-23-25-30-34-40-45(50)53-42(36-31-27-24-22-20-14-12-10-8-6-4-2)37-32-28-26-29-33-39-44(49)48-43(46(51)52)38-35-41-47/h12,14,17-18,22,24,42-43H,3-11,13,15-16,19-21,23,25-41,47H2,1-2H3,(H,48,49)(H,51,52)/b14-12-,18-17-,24-22-. The van der Waals surface area contributed by atoms with Crippen molar-refractivity contribution < 1.29 is 24.2 Å². The van der Waals surface area contributed by atoms with Crippen LogP contribution in [-0.4, -0.2) is 41.6 Å². The molecule has 2 atom stereocenters. The van der Waals surface area contributed by atoms with Gasteiger partial charge in [0.15, 0.2) is 0 Å². The summed E-state index contributed by atoms with van der Waals surface area (Å²) in [6, 6.07) is -0.861. The first kappa shape index (κ1) is 50.6. The third kappa shape index (κ3) is 37.7. The third-order valence-electron chi connectivity index (χ3n) is 9.93. The van der Waals surface area contributed by atoms with Gasteiger partial charge in [0, 0.05) is 12.8 Å². The Balaban J connectivity index is 4.35. The van der Waals surface area contributed by atoms with Gasteiger partial charge < -0.3 is 20.9 Å². The average molecular weight is 745 g/mol. The number of allylic oxidation sites excluding steroid dienone is 6. The summed E-state index contributed by atoms with van der Waals surface area (Å²) in [5.74, 6) is -1.27. The van der Waals surface area contributed by atoms with E-state index < -0.39 is 12.0 Å². The number of carboxylic acid groups (broad SMARTS) is 1. The summed E-state index contributed by atoms with van der Waals surface area (Å²) in [5.41, 5.74) is 5.48. The van der Waals surface area contributed by atoms with E-state index in [1.165, 1.54) is 103 Å². The molecule has 0 saturated heterocycles. The van der Waals surface area contributed by atoms with Gasteiger partial charge in [0.25, 0.3) is 0 Å². The monoisotopic (exact) mass is 745 g/mol. The minimum atomic E-state index is -1.01. The molecule has 0 radical (unpaired) electrons. The van der Waals surface area contributed by atoms with Gasteiger partial charge in [0.2, 0.25) is 5.91 Å². The Morgan fingerprint density at radius 3 is 1.58 bits per heavy atom. The summed E-state index contributed by atoms with van der Waals surface area (Å²) in [6.45, 7) is 4.91. The number of nitrogens with one attached hydrogen (secondary N) is 1. The minimum Gasteiger partial charge on any atom is -0.480 e. The predicted molar refractivity (Wildman–Crippen MR) is 225 cm³/mol. The van der Waals surface area contributed by atoms with Crippen LogP contribution in [0.3, 0.4) is 0 Å². The van der Waals surface area contributed by atoms with Crippen molar-refractivity contribution >= 4 is 17.8 Å². The number of amides is 1. The van der Waals surface area contributed by atoms with Crippen LogP contribution in [0.5, 0.6) is 0 Å². The molecule has 0 aromatic heterocycles. The number of unbranched alkanes of at least 4 members (excludes halogenated alkanes) is 20. The SMILES string of the molecule is CCCCC/C=C\C/C=C\CCCC(CCCCCCCC(=O)NC(CCCN)C(=O)O)OC(=O)CCCCCCC/C=C\CCCCCCCCC. The maximum Gasteiger partial charge on any atom is 0.326 e. The van der Waals surface area contributed by atoms with E-state index in [2.05, 4.69) is 55.6 Å². The van der Waals surface area contributed by atoms with Gasteiger partial charge in [-0.15, -0.1) is 0 Å². The zero-order valence-electron chi connectivity index (χ0n) is 34.6. The van der Waals surface area contributed by atoms with E-state index in [0.717, 1.165) is 77.0 Å². The van der Waals surface area contributed by atoms with E-state index >= 15 is 0 Å². The second-order valence-corrected chi connectivity index (χ2v) is 15.1. The lowest BCUT2D eigenvalue weighted by Gasteiger charge is -2.18. The summed E-state index contributed by atoms with van der Waals surface area (Å²) in [5, 5.41) is 11.9. The first-order chi connectivity index (χ1) is 25.9. The number of rotatable bonds is 40. The minimum absolute atomic E-state index is 0.0329. The molecule has 308 valence electrons. The van der Waals surface area contributed by atoms with E-state index in [-0.39, 0.29) is 18.0 Å². The van der Waals surface area contributed by atoms with Crippen molar-refractivity contribution in [1.29, 1.82) is 0 Å². The fraction of sp³-hybridized carbons (Fsp3) is 0.804. The van der Waals surface area contributed by atoms with Crippen LogP contribution in [0.1, 0.15) is 219 Å². The molecule has 0 spiro atoms. The Labute approximate surface area is 326 Å². The smallest absolute Gasteiger partial charge is 0.326 e. The number of aliphatic carboxylic acids is 1. The summed E-state index contributed by atoms with van der Waals surface area (Å²) in [6.07, 6.45) is 47.6. The van der Waals surface area contributed by atoms with Gasteiger partial charge in [-0.3, -0.25) is 9.59 Å². The van der Waals surface area contributed by atoms with Gasteiger partial charge in [-0.05, 0) is 109 Å². The Bertz CT molecular complexity index is 931. The maximum atomic E-state index is 12.8. The van der Waals surface area contributed by atoms with Crippen LogP contribution in [0.25, 0.3) is 0 Å². The third-order valence-corrected chi connectivity index (χ3v) is 9.93. The van der Waals surface area contributed by atoms with E-state index in [1.54, 1.807) is 0 Å². The van der Waals surface area contributed by atoms with Crippen molar-refractivity contribution in [2.75, 3.05) is 6.54 Å². The number of hydrogen-bond acceptors (Lipinski definition) is 5. The largest absolute Gasteiger partial charge is 0.480 e. The zero-order chi connectivity index (χ0) is 38.9. The number of esters is 1. The normalized spacial score (nSPS) is 13.0. The number of carbonyl (C=O) groups is 3. The Kier molecular flexibility index (Phi) is 38.9. The lowest BCUT2D eigenvalue weighted by molar-refractivity contribution is -0.150. The molecule has 0 saturated carbocycles.